The first-order chi connectivity index (χ1) is 11.5. The number of amides is 1. The summed E-state index contributed by atoms with van der Waals surface area (Å²) < 4.78 is 11.1. The molecule has 2 N–H and O–H groups in total. The fourth-order valence-electron chi connectivity index (χ4n) is 2.38. The molecule has 0 bridgehead atoms. The monoisotopic (exact) mass is 325 g/mol. The van der Waals surface area contributed by atoms with Crippen LogP contribution in [0.4, 0.5) is 0 Å². The first kappa shape index (κ1) is 16.1. The number of rotatable bonds is 6. The van der Waals surface area contributed by atoms with Gasteiger partial charge in [0.05, 0.1) is 5.56 Å². The summed E-state index contributed by atoms with van der Waals surface area (Å²) in [6.45, 7) is 1.93. The van der Waals surface area contributed by atoms with Crippen LogP contribution in [-0.2, 0) is 4.74 Å². The summed E-state index contributed by atoms with van der Waals surface area (Å²) in [5.74, 6) is 0.892. The van der Waals surface area contributed by atoms with Crippen molar-refractivity contribution in [1.82, 2.24) is 0 Å². The SMILES string of the molecule is CC(OC(=O)c1ccc(Oc2ccc(C(N)=O)cc2)cc1)C1CC1. The summed E-state index contributed by atoms with van der Waals surface area (Å²) in [5.41, 5.74) is 6.12. The molecule has 1 fully saturated rings. The average Bonchev–Trinajstić information content (AvgIpc) is 3.41. The molecule has 5 nitrogen and oxygen atoms in total. The van der Waals surface area contributed by atoms with Crippen molar-refractivity contribution in [3.8, 4) is 11.5 Å². The van der Waals surface area contributed by atoms with Crippen LogP contribution in [0.5, 0.6) is 11.5 Å². The number of ether oxygens (including phenoxy) is 2. The highest BCUT2D eigenvalue weighted by Crippen LogP contribution is 2.34. The van der Waals surface area contributed by atoms with Gasteiger partial charge in [-0.3, -0.25) is 4.79 Å². The molecular formula is C19H19NO4. The lowest BCUT2D eigenvalue weighted by Crippen LogP contribution is -2.16. The number of hydrogen-bond acceptors (Lipinski definition) is 4. The van der Waals surface area contributed by atoms with Gasteiger partial charge in [0.15, 0.2) is 0 Å². The summed E-state index contributed by atoms with van der Waals surface area (Å²) in [4.78, 5) is 23.1. The van der Waals surface area contributed by atoms with Crippen molar-refractivity contribution < 1.29 is 19.1 Å². The van der Waals surface area contributed by atoms with Crippen molar-refractivity contribution in [3.05, 3.63) is 59.7 Å². The Morgan fingerprint density at radius 1 is 0.958 bits per heavy atom. The van der Waals surface area contributed by atoms with E-state index in [1.807, 2.05) is 6.92 Å². The molecule has 2 aromatic rings. The maximum Gasteiger partial charge on any atom is 0.338 e. The van der Waals surface area contributed by atoms with Crippen LogP contribution in [0.15, 0.2) is 48.5 Å². The molecule has 1 aliphatic carbocycles. The van der Waals surface area contributed by atoms with Crippen molar-refractivity contribution >= 4 is 11.9 Å². The maximum atomic E-state index is 12.1. The zero-order chi connectivity index (χ0) is 17.1. The van der Waals surface area contributed by atoms with Gasteiger partial charge in [-0.25, -0.2) is 4.79 Å². The molecule has 1 atom stereocenters. The lowest BCUT2D eigenvalue weighted by molar-refractivity contribution is 0.0294. The first-order valence-corrected chi connectivity index (χ1v) is 7.91. The van der Waals surface area contributed by atoms with Crippen LogP contribution >= 0.6 is 0 Å². The predicted octanol–water partition coefficient (Wildman–Crippen LogP) is 3.53. The number of carbonyl (C=O) groups excluding carboxylic acids is 2. The molecule has 5 heteroatoms. The molecular weight excluding hydrogens is 306 g/mol. The van der Waals surface area contributed by atoms with Crippen molar-refractivity contribution in [2.75, 3.05) is 0 Å². The maximum absolute atomic E-state index is 12.1. The molecule has 1 saturated carbocycles. The Morgan fingerprint density at radius 2 is 1.46 bits per heavy atom. The van der Waals surface area contributed by atoms with Crippen LogP contribution in [0.25, 0.3) is 0 Å². The average molecular weight is 325 g/mol. The van der Waals surface area contributed by atoms with Gasteiger partial charge in [-0.1, -0.05) is 0 Å². The molecule has 24 heavy (non-hydrogen) atoms. The van der Waals surface area contributed by atoms with E-state index >= 15 is 0 Å². The molecule has 0 radical (unpaired) electrons. The summed E-state index contributed by atoms with van der Waals surface area (Å²) in [6, 6.07) is 13.3. The minimum Gasteiger partial charge on any atom is -0.459 e. The molecule has 124 valence electrons. The Labute approximate surface area is 140 Å². The fourth-order valence-corrected chi connectivity index (χ4v) is 2.38. The Balaban J connectivity index is 1.61. The molecule has 0 heterocycles. The first-order valence-electron chi connectivity index (χ1n) is 7.91. The molecule has 0 saturated heterocycles. The molecule has 1 aliphatic rings. The highest BCUT2D eigenvalue weighted by atomic mass is 16.5. The highest BCUT2D eigenvalue weighted by Gasteiger charge is 2.30. The van der Waals surface area contributed by atoms with Gasteiger partial charge in [0.25, 0.3) is 0 Å². The molecule has 0 spiro atoms. The van der Waals surface area contributed by atoms with E-state index < -0.39 is 5.91 Å². The summed E-state index contributed by atoms with van der Waals surface area (Å²) in [7, 11) is 0. The topological polar surface area (TPSA) is 78.6 Å². The Kier molecular flexibility index (Phi) is 4.51. The van der Waals surface area contributed by atoms with E-state index in [1.165, 1.54) is 0 Å². The minimum atomic E-state index is -0.482. The second-order valence-corrected chi connectivity index (χ2v) is 5.96. The van der Waals surface area contributed by atoms with Crippen molar-refractivity contribution in [1.29, 1.82) is 0 Å². The lowest BCUT2D eigenvalue weighted by atomic mass is 10.2. The fraction of sp³-hybridized carbons (Fsp3) is 0.263. The van der Waals surface area contributed by atoms with Crippen molar-refractivity contribution in [2.24, 2.45) is 11.7 Å². The summed E-state index contributed by atoms with van der Waals surface area (Å²) >= 11 is 0. The van der Waals surface area contributed by atoms with Gasteiger partial charge in [-0.05, 0) is 74.2 Å². The molecule has 0 aliphatic heterocycles. The Bertz CT molecular complexity index is 733. The normalized spacial score (nSPS) is 14.7. The summed E-state index contributed by atoms with van der Waals surface area (Å²) in [6.07, 6.45) is 2.24. The van der Waals surface area contributed by atoms with E-state index in [-0.39, 0.29) is 12.1 Å². The number of nitrogens with two attached hydrogens (primary N) is 1. The van der Waals surface area contributed by atoms with Crippen molar-refractivity contribution in [2.45, 2.75) is 25.9 Å². The minimum absolute atomic E-state index is 0.0304. The highest BCUT2D eigenvalue weighted by molar-refractivity contribution is 5.92. The van der Waals surface area contributed by atoms with Gasteiger partial charge in [0.1, 0.15) is 17.6 Å². The predicted molar refractivity (Wildman–Crippen MR) is 89.1 cm³/mol. The van der Waals surface area contributed by atoms with Gasteiger partial charge < -0.3 is 15.2 Å². The Hall–Kier alpha value is -2.82. The van der Waals surface area contributed by atoms with E-state index in [4.69, 9.17) is 15.2 Å². The van der Waals surface area contributed by atoms with E-state index in [0.717, 1.165) is 12.8 Å². The van der Waals surface area contributed by atoms with E-state index in [1.54, 1.807) is 48.5 Å². The van der Waals surface area contributed by atoms with Crippen LogP contribution in [0.1, 0.15) is 40.5 Å². The number of benzene rings is 2. The molecule has 1 unspecified atom stereocenters. The van der Waals surface area contributed by atoms with Gasteiger partial charge in [0, 0.05) is 5.56 Å². The van der Waals surface area contributed by atoms with Crippen LogP contribution in [0.2, 0.25) is 0 Å². The molecule has 2 aromatic carbocycles. The third-order valence-electron chi connectivity index (χ3n) is 4.04. The number of carbonyl (C=O) groups is 2. The standard InChI is InChI=1S/C19H19NO4/c1-12(13-2-3-13)23-19(22)15-6-10-17(11-7-15)24-16-8-4-14(5-9-16)18(20)21/h4-13H,2-3H2,1H3,(H2,20,21). The van der Waals surface area contributed by atoms with Crippen LogP contribution < -0.4 is 10.5 Å². The van der Waals surface area contributed by atoms with E-state index in [0.29, 0.717) is 28.5 Å². The van der Waals surface area contributed by atoms with Crippen LogP contribution in [-0.4, -0.2) is 18.0 Å². The smallest absolute Gasteiger partial charge is 0.338 e. The van der Waals surface area contributed by atoms with Gasteiger partial charge >= 0.3 is 5.97 Å². The molecule has 3 rings (SSSR count). The van der Waals surface area contributed by atoms with Crippen LogP contribution in [0.3, 0.4) is 0 Å². The van der Waals surface area contributed by atoms with E-state index in [9.17, 15) is 9.59 Å². The third kappa shape index (κ3) is 3.93. The van der Waals surface area contributed by atoms with Crippen LogP contribution in [0, 0.1) is 5.92 Å². The second kappa shape index (κ2) is 6.74. The zero-order valence-electron chi connectivity index (χ0n) is 13.4. The quantitative estimate of drug-likeness (QED) is 0.824. The van der Waals surface area contributed by atoms with Gasteiger partial charge in [0.2, 0.25) is 5.91 Å². The number of primary amides is 1. The second-order valence-electron chi connectivity index (χ2n) is 5.96. The van der Waals surface area contributed by atoms with Gasteiger partial charge in [-0.15, -0.1) is 0 Å². The Morgan fingerprint density at radius 3 is 1.92 bits per heavy atom. The molecule has 1 amide bonds. The molecule has 0 aromatic heterocycles. The van der Waals surface area contributed by atoms with E-state index in [2.05, 4.69) is 0 Å². The number of hydrogen-bond donors (Lipinski definition) is 1. The number of esters is 1. The largest absolute Gasteiger partial charge is 0.459 e. The summed E-state index contributed by atoms with van der Waals surface area (Å²) in [5, 5.41) is 0. The third-order valence-corrected chi connectivity index (χ3v) is 4.04. The lowest BCUT2D eigenvalue weighted by Gasteiger charge is -2.12. The van der Waals surface area contributed by atoms with Gasteiger partial charge in [-0.2, -0.15) is 0 Å². The zero-order valence-corrected chi connectivity index (χ0v) is 13.4. The van der Waals surface area contributed by atoms with Crippen molar-refractivity contribution in [3.63, 3.8) is 0 Å².